The van der Waals surface area contributed by atoms with Crippen molar-refractivity contribution in [3.05, 3.63) is 59.8 Å². The minimum Gasteiger partial charge on any atom is -0.357 e. The lowest BCUT2D eigenvalue weighted by Gasteiger charge is -2.20. The summed E-state index contributed by atoms with van der Waals surface area (Å²) in [5, 5.41) is 6.52. The van der Waals surface area contributed by atoms with Gasteiger partial charge in [0.15, 0.2) is 17.6 Å². The first-order valence-electron chi connectivity index (χ1n) is 8.81. The number of hydrogen-bond donors (Lipinski definition) is 2. The van der Waals surface area contributed by atoms with Gasteiger partial charge >= 0.3 is 0 Å². The second kappa shape index (κ2) is 10.4. The standard InChI is InChI=1S/C19H23F2N5.HI/c1-2-22-19(24-12-14-6-3-4-7-16(14)20)25-15-9-11-26(13-15)18-17(21)8-5-10-23-18;/h3-8,10,15H,2,9,11-13H2,1H3,(H2,22,24,25);1H. The number of pyridine rings is 1. The molecule has 2 heterocycles. The van der Waals surface area contributed by atoms with E-state index in [2.05, 4.69) is 20.6 Å². The van der Waals surface area contributed by atoms with E-state index < -0.39 is 0 Å². The highest BCUT2D eigenvalue weighted by atomic mass is 127. The summed E-state index contributed by atoms with van der Waals surface area (Å²) in [5.41, 5.74) is 0.549. The Labute approximate surface area is 175 Å². The first-order chi connectivity index (χ1) is 12.7. The van der Waals surface area contributed by atoms with Crippen LogP contribution in [0.25, 0.3) is 0 Å². The van der Waals surface area contributed by atoms with Crippen LogP contribution in [0.3, 0.4) is 0 Å². The lowest BCUT2D eigenvalue weighted by Crippen LogP contribution is -2.44. The average molecular weight is 487 g/mol. The minimum atomic E-state index is -0.312. The van der Waals surface area contributed by atoms with Crippen LogP contribution in [0.5, 0.6) is 0 Å². The zero-order chi connectivity index (χ0) is 18.4. The molecule has 8 heteroatoms. The maximum absolute atomic E-state index is 13.9. The first-order valence-corrected chi connectivity index (χ1v) is 8.81. The molecule has 0 saturated carbocycles. The highest BCUT2D eigenvalue weighted by Gasteiger charge is 2.25. The molecule has 3 rings (SSSR count). The Morgan fingerprint density at radius 1 is 1.22 bits per heavy atom. The van der Waals surface area contributed by atoms with Crippen LogP contribution in [0.15, 0.2) is 47.6 Å². The summed E-state index contributed by atoms with van der Waals surface area (Å²) in [6.45, 7) is 4.29. The first kappa shape index (κ1) is 21.3. The fourth-order valence-electron chi connectivity index (χ4n) is 2.98. The van der Waals surface area contributed by atoms with Crippen molar-refractivity contribution in [2.45, 2.75) is 25.9 Å². The molecule has 1 saturated heterocycles. The third-order valence-electron chi connectivity index (χ3n) is 4.28. The molecule has 0 spiro atoms. The average Bonchev–Trinajstić information content (AvgIpc) is 3.10. The molecule has 1 aromatic carbocycles. The number of guanidine groups is 1. The van der Waals surface area contributed by atoms with Crippen molar-refractivity contribution in [2.75, 3.05) is 24.5 Å². The molecule has 2 N–H and O–H groups in total. The van der Waals surface area contributed by atoms with Gasteiger partial charge in [0.25, 0.3) is 0 Å². The van der Waals surface area contributed by atoms with Gasteiger partial charge in [-0.1, -0.05) is 18.2 Å². The summed E-state index contributed by atoms with van der Waals surface area (Å²) < 4.78 is 27.7. The van der Waals surface area contributed by atoms with Gasteiger partial charge in [-0.25, -0.2) is 18.8 Å². The normalized spacial score (nSPS) is 16.8. The van der Waals surface area contributed by atoms with Crippen molar-refractivity contribution in [3.63, 3.8) is 0 Å². The van der Waals surface area contributed by atoms with Crippen LogP contribution in [0.1, 0.15) is 18.9 Å². The number of anilines is 1. The van der Waals surface area contributed by atoms with E-state index in [1.165, 1.54) is 12.1 Å². The molecular formula is C19H24F2IN5. The molecule has 0 amide bonds. The van der Waals surface area contributed by atoms with Gasteiger partial charge in [0.1, 0.15) is 5.82 Å². The number of hydrogen-bond acceptors (Lipinski definition) is 3. The maximum atomic E-state index is 13.9. The van der Waals surface area contributed by atoms with E-state index in [-0.39, 0.29) is 48.2 Å². The van der Waals surface area contributed by atoms with Gasteiger partial charge in [0.05, 0.1) is 6.54 Å². The van der Waals surface area contributed by atoms with Crippen molar-refractivity contribution in [1.29, 1.82) is 0 Å². The molecule has 1 aliphatic rings. The molecule has 146 valence electrons. The van der Waals surface area contributed by atoms with Gasteiger partial charge < -0.3 is 15.5 Å². The molecule has 0 bridgehead atoms. The van der Waals surface area contributed by atoms with Crippen LogP contribution in [-0.2, 0) is 6.54 Å². The van der Waals surface area contributed by atoms with Crippen molar-refractivity contribution >= 4 is 35.8 Å². The summed E-state index contributed by atoms with van der Waals surface area (Å²) in [4.78, 5) is 10.5. The Morgan fingerprint density at radius 2 is 2.00 bits per heavy atom. The van der Waals surface area contributed by atoms with Gasteiger partial charge in [-0.2, -0.15) is 0 Å². The number of aliphatic imine (C=N–C) groups is 1. The van der Waals surface area contributed by atoms with Crippen LogP contribution in [-0.4, -0.2) is 36.6 Å². The number of rotatable bonds is 5. The largest absolute Gasteiger partial charge is 0.357 e. The predicted molar refractivity (Wildman–Crippen MR) is 115 cm³/mol. The van der Waals surface area contributed by atoms with E-state index >= 15 is 0 Å². The minimum absolute atomic E-state index is 0. The Morgan fingerprint density at radius 3 is 2.74 bits per heavy atom. The van der Waals surface area contributed by atoms with Crippen LogP contribution < -0.4 is 15.5 Å². The second-order valence-corrected chi connectivity index (χ2v) is 6.17. The molecule has 2 aromatic rings. The number of nitrogens with zero attached hydrogens (tertiary/aromatic N) is 3. The van der Waals surface area contributed by atoms with E-state index in [0.29, 0.717) is 30.4 Å². The van der Waals surface area contributed by atoms with Gasteiger partial charge in [-0.05, 0) is 31.5 Å². The van der Waals surface area contributed by atoms with E-state index in [1.54, 1.807) is 30.5 Å². The summed E-state index contributed by atoms with van der Waals surface area (Å²) in [6.07, 6.45) is 2.44. The zero-order valence-electron chi connectivity index (χ0n) is 15.2. The Bertz CT molecular complexity index is 771. The van der Waals surface area contributed by atoms with Gasteiger partial charge in [-0.15, -0.1) is 24.0 Å². The van der Waals surface area contributed by atoms with Crippen molar-refractivity contribution in [3.8, 4) is 0 Å². The van der Waals surface area contributed by atoms with Gasteiger partial charge in [-0.3, -0.25) is 0 Å². The molecule has 1 atom stereocenters. The topological polar surface area (TPSA) is 52.6 Å². The van der Waals surface area contributed by atoms with Gasteiger partial charge in [0.2, 0.25) is 0 Å². The SMILES string of the molecule is CCNC(=NCc1ccccc1F)NC1CCN(c2ncccc2F)C1.I. The Balaban J connectivity index is 0.00000261. The summed E-state index contributed by atoms with van der Waals surface area (Å²) in [5.74, 6) is 0.437. The molecule has 1 aliphatic heterocycles. The predicted octanol–water partition coefficient (Wildman–Crippen LogP) is 3.31. The fourth-order valence-corrected chi connectivity index (χ4v) is 2.98. The summed E-state index contributed by atoms with van der Waals surface area (Å²) >= 11 is 0. The molecular weight excluding hydrogens is 463 g/mol. The maximum Gasteiger partial charge on any atom is 0.191 e. The Kier molecular flexibility index (Phi) is 8.21. The van der Waals surface area contributed by atoms with Crippen molar-refractivity contribution < 1.29 is 8.78 Å². The van der Waals surface area contributed by atoms with Gasteiger partial charge in [0, 0.05) is 37.4 Å². The van der Waals surface area contributed by atoms with Crippen LogP contribution in [0.4, 0.5) is 14.6 Å². The van der Waals surface area contributed by atoms with E-state index in [1.807, 2.05) is 11.8 Å². The van der Waals surface area contributed by atoms with Crippen molar-refractivity contribution in [2.24, 2.45) is 4.99 Å². The molecule has 27 heavy (non-hydrogen) atoms. The lowest BCUT2D eigenvalue weighted by molar-refractivity contribution is 0.608. The summed E-state index contributed by atoms with van der Waals surface area (Å²) in [7, 11) is 0. The highest BCUT2D eigenvalue weighted by Crippen LogP contribution is 2.20. The summed E-state index contributed by atoms with van der Waals surface area (Å²) in [6, 6.07) is 9.74. The Hall–Kier alpha value is -1.97. The van der Waals surface area contributed by atoms with E-state index in [0.717, 1.165) is 13.0 Å². The zero-order valence-corrected chi connectivity index (χ0v) is 17.5. The monoisotopic (exact) mass is 487 g/mol. The molecule has 1 fully saturated rings. The number of halogens is 3. The molecule has 5 nitrogen and oxygen atoms in total. The number of benzene rings is 1. The van der Waals surface area contributed by atoms with Crippen molar-refractivity contribution in [1.82, 2.24) is 15.6 Å². The molecule has 1 aromatic heterocycles. The third-order valence-corrected chi connectivity index (χ3v) is 4.28. The molecule has 0 radical (unpaired) electrons. The molecule has 0 aliphatic carbocycles. The van der Waals surface area contributed by atoms with E-state index in [4.69, 9.17) is 0 Å². The second-order valence-electron chi connectivity index (χ2n) is 6.17. The smallest absolute Gasteiger partial charge is 0.191 e. The number of aromatic nitrogens is 1. The van der Waals surface area contributed by atoms with Crippen LogP contribution in [0.2, 0.25) is 0 Å². The van der Waals surface area contributed by atoms with Crippen LogP contribution >= 0.6 is 24.0 Å². The van der Waals surface area contributed by atoms with E-state index in [9.17, 15) is 8.78 Å². The highest BCUT2D eigenvalue weighted by molar-refractivity contribution is 14.0. The third kappa shape index (κ3) is 5.75. The quantitative estimate of drug-likeness (QED) is 0.386. The lowest BCUT2D eigenvalue weighted by atomic mass is 10.2. The van der Waals surface area contributed by atoms with Crippen LogP contribution in [0, 0.1) is 11.6 Å². The molecule has 1 unspecified atom stereocenters. The fraction of sp³-hybridized carbons (Fsp3) is 0.368. The number of nitrogens with one attached hydrogen (secondary N) is 2.